The van der Waals surface area contributed by atoms with Gasteiger partial charge in [-0.3, -0.25) is 0 Å². The van der Waals surface area contributed by atoms with Crippen molar-refractivity contribution in [3.63, 3.8) is 0 Å². The molecule has 4 rings (SSSR count). The van der Waals surface area contributed by atoms with Gasteiger partial charge in [-0.2, -0.15) is 0 Å². The van der Waals surface area contributed by atoms with Crippen LogP contribution in [0, 0.1) is 6.07 Å². The van der Waals surface area contributed by atoms with Crippen molar-refractivity contribution in [1.29, 1.82) is 0 Å². The average molecular weight is 379 g/mol. The topological polar surface area (TPSA) is 53.0 Å². The molecule has 2 aromatic rings. The van der Waals surface area contributed by atoms with Crippen LogP contribution in [0.5, 0.6) is 0 Å². The van der Waals surface area contributed by atoms with Gasteiger partial charge < -0.3 is 19.6 Å². The molecule has 0 aliphatic carbocycles. The Morgan fingerprint density at radius 1 is 1.11 bits per heavy atom. The van der Waals surface area contributed by atoms with Crippen LogP contribution in [0.15, 0.2) is 54.6 Å². The minimum atomic E-state index is -0.748. The van der Waals surface area contributed by atoms with Crippen LogP contribution in [0.1, 0.15) is 30.0 Å². The van der Waals surface area contributed by atoms with Gasteiger partial charge in [-0.1, -0.05) is 54.6 Å². The first kappa shape index (κ1) is 19.0. The number of nitrogens with zero attached hydrogens (tertiary/aromatic N) is 2. The van der Waals surface area contributed by atoms with Crippen molar-refractivity contribution in [2.75, 3.05) is 32.8 Å². The summed E-state index contributed by atoms with van der Waals surface area (Å²) in [7, 11) is 0. The van der Waals surface area contributed by atoms with Gasteiger partial charge in [-0.05, 0) is 30.0 Å². The molecule has 147 valence electrons. The van der Waals surface area contributed by atoms with Gasteiger partial charge in [-0.25, -0.2) is 4.79 Å². The Morgan fingerprint density at radius 2 is 1.82 bits per heavy atom. The fourth-order valence-electron chi connectivity index (χ4n) is 4.18. The SMILES string of the molecule is O=C(N1CCC(O)(Cc2cc[c]cc2)CC1)N1CCOC[C@H]1c1ccccc1. The first-order valence-electron chi connectivity index (χ1n) is 10.0. The molecule has 1 N–H and O–H groups in total. The van der Waals surface area contributed by atoms with Crippen LogP contribution in [-0.2, 0) is 11.2 Å². The number of morpholine rings is 1. The first-order valence-corrected chi connectivity index (χ1v) is 10.0. The number of carbonyl (C=O) groups excluding carboxylic acids is 1. The predicted molar refractivity (Wildman–Crippen MR) is 107 cm³/mol. The van der Waals surface area contributed by atoms with Crippen LogP contribution in [-0.4, -0.2) is 59.4 Å². The van der Waals surface area contributed by atoms with E-state index in [4.69, 9.17) is 4.74 Å². The standard InChI is InChI=1S/C23H27N2O3/c26-22(25-15-16-28-18-21(25)20-9-5-2-6-10-20)24-13-11-23(27,12-14-24)17-19-7-3-1-4-8-19/h2-10,21,27H,11-18H2/t21-/m0/s1. The third-order valence-electron chi connectivity index (χ3n) is 5.84. The Morgan fingerprint density at radius 3 is 2.54 bits per heavy atom. The molecule has 28 heavy (non-hydrogen) atoms. The van der Waals surface area contributed by atoms with Crippen LogP contribution in [0.25, 0.3) is 0 Å². The van der Waals surface area contributed by atoms with E-state index in [-0.39, 0.29) is 12.1 Å². The minimum Gasteiger partial charge on any atom is -0.389 e. The lowest BCUT2D eigenvalue weighted by molar-refractivity contribution is -0.0276. The highest BCUT2D eigenvalue weighted by Gasteiger charge is 2.37. The van der Waals surface area contributed by atoms with Gasteiger partial charge in [0, 0.05) is 26.1 Å². The monoisotopic (exact) mass is 379 g/mol. The number of hydrogen-bond acceptors (Lipinski definition) is 3. The molecule has 0 bridgehead atoms. The Labute approximate surface area is 166 Å². The molecule has 1 radical (unpaired) electrons. The van der Waals surface area contributed by atoms with E-state index in [1.54, 1.807) is 0 Å². The molecular formula is C23H27N2O3. The van der Waals surface area contributed by atoms with Crippen molar-refractivity contribution in [3.8, 4) is 0 Å². The van der Waals surface area contributed by atoms with Crippen LogP contribution >= 0.6 is 0 Å². The molecule has 2 aliphatic heterocycles. The summed E-state index contributed by atoms with van der Waals surface area (Å²) in [6.45, 7) is 2.84. The lowest BCUT2D eigenvalue weighted by Crippen LogP contribution is -2.54. The molecule has 0 spiro atoms. The normalized spacial score (nSPS) is 22.1. The number of aliphatic hydroxyl groups is 1. The number of urea groups is 1. The van der Waals surface area contributed by atoms with Gasteiger partial charge in [0.1, 0.15) is 0 Å². The molecule has 0 unspecified atom stereocenters. The van der Waals surface area contributed by atoms with E-state index in [2.05, 4.69) is 6.07 Å². The molecule has 5 nitrogen and oxygen atoms in total. The van der Waals surface area contributed by atoms with Crippen molar-refractivity contribution < 1.29 is 14.6 Å². The van der Waals surface area contributed by atoms with Crippen molar-refractivity contribution in [2.24, 2.45) is 0 Å². The van der Waals surface area contributed by atoms with Crippen LogP contribution in [0.3, 0.4) is 0 Å². The summed E-state index contributed by atoms with van der Waals surface area (Å²) in [5.41, 5.74) is 1.46. The van der Waals surface area contributed by atoms with Gasteiger partial charge in [0.05, 0.1) is 24.9 Å². The molecule has 2 fully saturated rings. The number of piperidine rings is 1. The maximum absolute atomic E-state index is 13.2. The Bertz CT molecular complexity index is 773. The number of amides is 2. The Kier molecular flexibility index (Phi) is 5.64. The molecular weight excluding hydrogens is 352 g/mol. The zero-order chi connectivity index (χ0) is 19.4. The molecule has 2 saturated heterocycles. The Hall–Kier alpha value is -2.37. The Balaban J connectivity index is 1.40. The van der Waals surface area contributed by atoms with Gasteiger partial charge in [0.25, 0.3) is 0 Å². The van der Waals surface area contributed by atoms with Crippen LogP contribution < -0.4 is 0 Å². The lowest BCUT2D eigenvalue weighted by Gasteiger charge is -2.43. The number of carbonyl (C=O) groups is 1. The maximum atomic E-state index is 13.2. The smallest absolute Gasteiger partial charge is 0.320 e. The summed E-state index contributed by atoms with van der Waals surface area (Å²) in [6.07, 6.45) is 1.81. The van der Waals surface area contributed by atoms with E-state index in [0.29, 0.717) is 52.1 Å². The summed E-state index contributed by atoms with van der Waals surface area (Å²) in [4.78, 5) is 17.0. The van der Waals surface area contributed by atoms with Gasteiger partial charge in [0.2, 0.25) is 0 Å². The van der Waals surface area contributed by atoms with Crippen LogP contribution in [0.4, 0.5) is 4.79 Å². The van der Waals surface area contributed by atoms with Crippen molar-refractivity contribution >= 4 is 6.03 Å². The van der Waals surface area contributed by atoms with E-state index in [0.717, 1.165) is 11.1 Å². The second-order valence-corrected chi connectivity index (χ2v) is 7.77. The molecule has 2 aliphatic rings. The number of hydrogen-bond donors (Lipinski definition) is 1. The molecule has 2 heterocycles. The minimum absolute atomic E-state index is 0.0496. The largest absolute Gasteiger partial charge is 0.389 e. The van der Waals surface area contributed by atoms with Crippen molar-refractivity contribution in [1.82, 2.24) is 9.80 Å². The number of likely N-dealkylation sites (tertiary alicyclic amines) is 1. The summed E-state index contributed by atoms with van der Waals surface area (Å²) in [5.74, 6) is 0. The summed E-state index contributed by atoms with van der Waals surface area (Å²) in [5, 5.41) is 11.0. The highest BCUT2D eigenvalue weighted by molar-refractivity contribution is 5.75. The quantitative estimate of drug-likeness (QED) is 0.892. The van der Waals surface area contributed by atoms with Crippen LogP contribution in [0.2, 0.25) is 0 Å². The van der Waals surface area contributed by atoms with Gasteiger partial charge in [-0.15, -0.1) is 0 Å². The second-order valence-electron chi connectivity index (χ2n) is 7.77. The van der Waals surface area contributed by atoms with Gasteiger partial charge in [0.15, 0.2) is 0 Å². The number of benzene rings is 2. The molecule has 2 aromatic carbocycles. The van der Waals surface area contributed by atoms with E-state index < -0.39 is 5.60 Å². The molecule has 0 saturated carbocycles. The molecule has 0 aromatic heterocycles. The fraction of sp³-hybridized carbons (Fsp3) is 0.435. The second kappa shape index (κ2) is 8.33. The fourth-order valence-corrected chi connectivity index (χ4v) is 4.18. The van der Waals surface area contributed by atoms with E-state index in [1.165, 1.54) is 0 Å². The third kappa shape index (κ3) is 4.21. The molecule has 5 heteroatoms. The van der Waals surface area contributed by atoms with E-state index >= 15 is 0 Å². The summed E-state index contributed by atoms with van der Waals surface area (Å²) < 4.78 is 5.65. The van der Waals surface area contributed by atoms with E-state index in [1.807, 2.05) is 64.4 Å². The third-order valence-corrected chi connectivity index (χ3v) is 5.84. The van der Waals surface area contributed by atoms with Crippen molar-refractivity contribution in [2.45, 2.75) is 30.9 Å². The summed E-state index contributed by atoms with van der Waals surface area (Å²) >= 11 is 0. The first-order chi connectivity index (χ1) is 13.6. The predicted octanol–water partition coefficient (Wildman–Crippen LogP) is 3.05. The lowest BCUT2D eigenvalue weighted by atomic mass is 9.85. The molecule has 2 amide bonds. The van der Waals surface area contributed by atoms with Crippen molar-refractivity contribution in [3.05, 3.63) is 71.8 Å². The number of rotatable bonds is 3. The highest BCUT2D eigenvalue weighted by Crippen LogP contribution is 2.30. The zero-order valence-electron chi connectivity index (χ0n) is 16.1. The highest BCUT2D eigenvalue weighted by atomic mass is 16.5. The summed E-state index contributed by atoms with van der Waals surface area (Å²) in [6, 6.07) is 20.8. The number of ether oxygens (including phenoxy) is 1. The zero-order valence-corrected chi connectivity index (χ0v) is 16.1. The average Bonchev–Trinajstić information content (AvgIpc) is 2.75. The molecule has 1 atom stereocenters. The van der Waals surface area contributed by atoms with E-state index in [9.17, 15) is 9.90 Å². The van der Waals surface area contributed by atoms with Gasteiger partial charge >= 0.3 is 6.03 Å². The maximum Gasteiger partial charge on any atom is 0.320 e.